The number of anilines is 1. The number of hydrogen-bond donors (Lipinski definition) is 2. The monoisotopic (exact) mass is 297 g/mol. The molecule has 1 aliphatic rings. The highest BCUT2D eigenvalue weighted by Crippen LogP contribution is 2.44. The average Bonchev–Trinajstić information content (AvgIpc) is 2.59. The minimum atomic E-state index is -0.621. The lowest BCUT2D eigenvalue weighted by molar-refractivity contribution is -0.0335. The minimum absolute atomic E-state index is 0.157. The molecule has 3 rings (SSSR count). The maximum Gasteiger partial charge on any atom is 0.150 e. The summed E-state index contributed by atoms with van der Waals surface area (Å²) in [6.07, 6.45) is 2.97. The first-order valence-electron chi connectivity index (χ1n) is 5.90. The van der Waals surface area contributed by atoms with Crippen molar-refractivity contribution in [3.8, 4) is 0 Å². The summed E-state index contributed by atoms with van der Waals surface area (Å²) < 4.78 is 10.2. The van der Waals surface area contributed by atoms with E-state index in [1.165, 1.54) is 6.20 Å². The molecule has 0 saturated heterocycles. The SMILES string of the molecule is [2H]c1cnc(N)c2c(Br)nc([C@H]3C[C@@](C)(O)C3)n12. The Hall–Kier alpha value is -1.14. The summed E-state index contributed by atoms with van der Waals surface area (Å²) in [5.41, 5.74) is 5.82. The second-order valence-corrected chi connectivity index (χ2v) is 5.57. The van der Waals surface area contributed by atoms with Gasteiger partial charge in [-0.3, -0.25) is 4.40 Å². The Labute approximate surface area is 108 Å². The number of aliphatic hydroxyl groups is 1. The van der Waals surface area contributed by atoms with Crippen LogP contribution in [-0.2, 0) is 0 Å². The molecule has 0 spiro atoms. The van der Waals surface area contributed by atoms with Gasteiger partial charge in [0.2, 0.25) is 0 Å². The summed E-state index contributed by atoms with van der Waals surface area (Å²) in [6.45, 7) is 1.81. The normalized spacial score (nSPS) is 29.1. The van der Waals surface area contributed by atoms with E-state index in [-0.39, 0.29) is 12.1 Å². The van der Waals surface area contributed by atoms with Gasteiger partial charge in [0, 0.05) is 18.3 Å². The second-order valence-electron chi connectivity index (χ2n) is 4.82. The molecule has 0 aliphatic heterocycles. The first kappa shape index (κ1) is 9.85. The molecule has 0 aromatic carbocycles. The van der Waals surface area contributed by atoms with Crippen molar-refractivity contribution >= 4 is 27.3 Å². The van der Waals surface area contributed by atoms with Gasteiger partial charge in [-0.25, -0.2) is 9.97 Å². The van der Waals surface area contributed by atoms with Gasteiger partial charge in [0.25, 0.3) is 0 Å². The molecule has 90 valence electrons. The summed E-state index contributed by atoms with van der Waals surface area (Å²) in [4.78, 5) is 8.39. The van der Waals surface area contributed by atoms with Crippen molar-refractivity contribution in [3.05, 3.63) is 22.8 Å². The quantitative estimate of drug-likeness (QED) is 0.840. The highest BCUT2D eigenvalue weighted by molar-refractivity contribution is 9.10. The van der Waals surface area contributed by atoms with Crippen LogP contribution in [0.3, 0.4) is 0 Å². The maximum absolute atomic E-state index is 9.82. The van der Waals surface area contributed by atoms with Crippen LogP contribution in [0.25, 0.3) is 5.52 Å². The zero-order valence-corrected chi connectivity index (χ0v) is 10.9. The van der Waals surface area contributed by atoms with Gasteiger partial charge in [0.15, 0.2) is 5.82 Å². The van der Waals surface area contributed by atoms with Crippen molar-refractivity contribution in [1.29, 1.82) is 0 Å². The number of hydrogen-bond acceptors (Lipinski definition) is 4. The van der Waals surface area contributed by atoms with Gasteiger partial charge >= 0.3 is 0 Å². The molecule has 1 fully saturated rings. The van der Waals surface area contributed by atoms with Gasteiger partial charge in [0.1, 0.15) is 15.9 Å². The van der Waals surface area contributed by atoms with Crippen LogP contribution in [0.15, 0.2) is 17.0 Å². The van der Waals surface area contributed by atoms with Gasteiger partial charge in [-0.2, -0.15) is 0 Å². The van der Waals surface area contributed by atoms with Crippen molar-refractivity contribution in [2.24, 2.45) is 0 Å². The Morgan fingerprint density at radius 1 is 1.71 bits per heavy atom. The third-order valence-electron chi connectivity index (χ3n) is 3.23. The predicted octanol–water partition coefficient (Wildman–Crippen LogP) is 1.70. The Balaban J connectivity index is 2.17. The van der Waals surface area contributed by atoms with Crippen LogP contribution in [0.4, 0.5) is 5.82 Å². The Kier molecular flexibility index (Phi) is 1.99. The summed E-state index contributed by atoms with van der Waals surface area (Å²) in [5.74, 6) is 1.27. The number of halogens is 1. The second kappa shape index (κ2) is 3.43. The highest BCUT2D eigenvalue weighted by atomic mass is 79.9. The fourth-order valence-electron chi connectivity index (χ4n) is 2.44. The number of fused-ring (bicyclic) bond motifs is 1. The van der Waals surface area contributed by atoms with Crippen molar-refractivity contribution in [1.82, 2.24) is 14.4 Å². The van der Waals surface area contributed by atoms with E-state index in [1.54, 1.807) is 4.40 Å². The van der Waals surface area contributed by atoms with Gasteiger partial charge < -0.3 is 10.8 Å². The molecular weight excluding hydrogens is 284 g/mol. The summed E-state index contributed by atoms with van der Waals surface area (Å²) in [7, 11) is 0. The van der Waals surface area contributed by atoms with Gasteiger partial charge in [-0.05, 0) is 35.7 Å². The number of aromatic nitrogens is 3. The predicted molar refractivity (Wildman–Crippen MR) is 67.7 cm³/mol. The molecule has 3 N–H and O–H groups in total. The lowest BCUT2D eigenvalue weighted by Crippen LogP contribution is -2.40. The van der Waals surface area contributed by atoms with Gasteiger partial charge in [-0.1, -0.05) is 0 Å². The molecule has 0 bridgehead atoms. The van der Waals surface area contributed by atoms with Crippen LogP contribution in [0.2, 0.25) is 0 Å². The number of nitrogens with two attached hydrogens (primary N) is 1. The third kappa shape index (κ3) is 1.63. The van der Waals surface area contributed by atoms with Crippen molar-refractivity contribution in [2.75, 3.05) is 5.73 Å². The van der Waals surface area contributed by atoms with Crippen LogP contribution in [0, 0.1) is 0 Å². The molecular formula is C11H13BrN4O. The van der Waals surface area contributed by atoms with E-state index in [0.717, 1.165) is 5.82 Å². The van der Waals surface area contributed by atoms with E-state index < -0.39 is 5.60 Å². The summed E-state index contributed by atoms with van der Waals surface area (Å²) >= 11 is 3.36. The molecule has 0 radical (unpaired) electrons. The lowest BCUT2D eigenvalue weighted by atomic mass is 9.72. The third-order valence-corrected chi connectivity index (χ3v) is 3.78. The zero-order chi connectivity index (χ0) is 13.1. The molecule has 2 aromatic heterocycles. The molecule has 1 aliphatic carbocycles. The lowest BCUT2D eigenvalue weighted by Gasteiger charge is -2.40. The summed E-state index contributed by atoms with van der Waals surface area (Å²) in [5, 5.41) is 9.82. The highest BCUT2D eigenvalue weighted by Gasteiger charge is 2.41. The molecule has 6 heteroatoms. The zero-order valence-electron chi connectivity index (χ0n) is 10.3. The van der Waals surface area contributed by atoms with Crippen molar-refractivity contribution in [3.63, 3.8) is 0 Å². The van der Waals surface area contributed by atoms with E-state index in [2.05, 4.69) is 25.9 Å². The van der Waals surface area contributed by atoms with Crippen LogP contribution in [0.1, 0.15) is 32.9 Å². The van der Waals surface area contributed by atoms with E-state index in [4.69, 9.17) is 7.10 Å². The van der Waals surface area contributed by atoms with Crippen molar-refractivity contribution in [2.45, 2.75) is 31.3 Å². The first-order chi connectivity index (χ1) is 8.39. The Bertz CT molecular complexity index is 631. The number of imidazole rings is 1. The van der Waals surface area contributed by atoms with E-state index in [1.807, 2.05) is 6.92 Å². The molecule has 1 saturated carbocycles. The molecule has 0 amide bonds. The van der Waals surface area contributed by atoms with Gasteiger partial charge in [-0.15, -0.1) is 0 Å². The van der Waals surface area contributed by atoms with E-state index in [9.17, 15) is 5.11 Å². The molecule has 2 heterocycles. The fraction of sp³-hybridized carbons (Fsp3) is 0.455. The number of nitrogen functional groups attached to an aromatic ring is 1. The number of nitrogens with zero attached hydrogens (tertiary/aromatic N) is 3. The smallest absolute Gasteiger partial charge is 0.150 e. The Morgan fingerprint density at radius 3 is 3.06 bits per heavy atom. The van der Waals surface area contributed by atoms with Crippen LogP contribution in [-0.4, -0.2) is 25.1 Å². The van der Waals surface area contributed by atoms with Crippen LogP contribution < -0.4 is 5.73 Å². The van der Waals surface area contributed by atoms with Crippen LogP contribution in [0.5, 0.6) is 0 Å². The molecule has 17 heavy (non-hydrogen) atoms. The Morgan fingerprint density at radius 2 is 2.41 bits per heavy atom. The molecule has 2 aromatic rings. The minimum Gasteiger partial charge on any atom is -0.390 e. The van der Waals surface area contributed by atoms with E-state index >= 15 is 0 Å². The molecule has 0 atom stereocenters. The average molecular weight is 298 g/mol. The summed E-state index contributed by atoms with van der Waals surface area (Å²) in [6, 6.07) is 0. The number of rotatable bonds is 1. The maximum atomic E-state index is 9.82. The van der Waals surface area contributed by atoms with Crippen molar-refractivity contribution < 1.29 is 6.48 Å². The van der Waals surface area contributed by atoms with E-state index in [0.29, 0.717) is 28.8 Å². The largest absolute Gasteiger partial charge is 0.390 e. The topological polar surface area (TPSA) is 76.4 Å². The van der Waals surface area contributed by atoms with Crippen LogP contribution >= 0.6 is 15.9 Å². The molecule has 0 unspecified atom stereocenters. The standard InChI is InChI=1S/C11H13BrN4O/c1-11(17)4-6(5-11)10-15-8(12)7-9(13)14-2-3-16(7)10/h2-3,6,17H,4-5H2,1H3,(H2,13,14)/t6-,11+/i3D. The fourth-order valence-corrected chi connectivity index (χ4v) is 3.00. The van der Waals surface area contributed by atoms with Gasteiger partial charge in [0.05, 0.1) is 6.97 Å². The first-order valence-corrected chi connectivity index (χ1v) is 6.20. The molecule has 5 nitrogen and oxygen atoms in total.